The lowest BCUT2D eigenvalue weighted by molar-refractivity contribution is 0.0834. The Balaban J connectivity index is 1.81. The van der Waals surface area contributed by atoms with Crippen LogP contribution in [0.25, 0.3) is 0 Å². The molecule has 3 heterocycles. The quantitative estimate of drug-likeness (QED) is 0.810. The number of aromatic nitrogens is 4. The Hall–Kier alpha value is -1.92. The first-order valence-corrected chi connectivity index (χ1v) is 8.77. The smallest absolute Gasteiger partial charge is 0.0765 e. The minimum atomic E-state index is 0.180. The molecule has 24 heavy (non-hydrogen) atoms. The van der Waals surface area contributed by atoms with E-state index in [2.05, 4.69) is 43.6 Å². The van der Waals surface area contributed by atoms with Crippen molar-refractivity contribution in [3.8, 4) is 0 Å². The number of piperazine rings is 1. The summed E-state index contributed by atoms with van der Waals surface area (Å²) in [5.74, 6) is 0.216. The Morgan fingerprint density at radius 3 is 2.08 bits per heavy atom. The first-order chi connectivity index (χ1) is 11.8. The van der Waals surface area contributed by atoms with Crippen LogP contribution in [0.15, 0.2) is 37.2 Å². The van der Waals surface area contributed by atoms with Crippen molar-refractivity contribution in [2.24, 2.45) is 0 Å². The van der Waals surface area contributed by atoms with Crippen LogP contribution in [0.4, 0.5) is 0 Å². The molecule has 6 nitrogen and oxygen atoms in total. The first kappa shape index (κ1) is 16.9. The van der Waals surface area contributed by atoms with Gasteiger partial charge in [0.15, 0.2) is 0 Å². The molecule has 3 rings (SSSR count). The summed E-state index contributed by atoms with van der Waals surface area (Å²) in [6.07, 6.45) is 11.9. The Kier molecular flexibility index (Phi) is 5.82. The third kappa shape index (κ3) is 3.94. The van der Waals surface area contributed by atoms with Crippen LogP contribution >= 0.6 is 0 Å². The molecule has 1 aliphatic heterocycles. The molecular weight excluding hydrogens is 300 g/mol. The van der Waals surface area contributed by atoms with Crippen LogP contribution in [0.5, 0.6) is 0 Å². The zero-order valence-corrected chi connectivity index (χ0v) is 14.5. The topological polar surface area (TPSA) is 58.0 Å². The van der Waals surface area contributed by atoms with Crippen LogP contribution in [0.1, 0.15) is 43.6 Å². The molecule has 0 saturated carbocycles. The largest absolute Gasteiger partial charge is 0.301 e. The summed E-state index contributed by atoms with van der Waals surface area (Å²) >= 11 is 0. The number of hydrogen-bond donors (Lipinski definition) is 0. The highest BCUT2D eigenvalue weighted by Gasteiger charge is 2.31. The fourth-order valence-electron chi connectivity index (χ4n) is 3.51. The van der Waals surface area contributed by atoms with E-state index >= 15 is 0 Å². The lowest BCUT2D eigenvalue weighted by Gasteiger charge is -2.41. The third-order valence-corrected chi connectivity index (χ3v) is 4.75. The zero-order valence-electron chi connectivity index (χ0n) is 14.5. The van der Waals surface area contributed by atoms with Gasteiger partial charge >= 0.3 is 0 Å². The van der Waals surface area contributed by atoms with Crippen LogP contribution in [0.3, 0.4) is 0 Å². The van der Waals surface area contributed by atoms with Gasteiger partial charge in [-0.1, -0.05) is 13.8 Å². The molecule has 0 radical (unpaired) electrons. The van der Waals surface area contributed by atoms with Crippen LogP contribution in [-0.4, -0.2) is 62.5 Å². The maximum absolute atomic E-state index is 4.59. The molecule has 2 atom stereocenters. The monoisotopic (exact) mass is 326 g/mol. The molecule has 1 aliphatic rings. The van der Waals surface area contributed by atoms with Gasteiger partial charge in [-0.25, -0.2) is 0 Å². The molecule has 2 unspecified atom stereocenters. The predicted octanol–water partition coefficient (Wildman–Crippen LogP) is 2.14. The van der Waals surface area contributed by atoms with Gasteiger partial charge in [0, 0.05) is 69.3 Å². The Morgan fingerprint density at radius 1 is 0.917 bits per heavy atom. The molecule has 2 aromatic heterocycles. The van der Waals surface area contributed by atoms with E-state index < -0.39 is 0 Å². The Labute approximate surface area is 144 Å². The molecule has 0 spiro atoms. The molecule has 0 amide bonds. The van der Waals surface area contributed by atoms with Gasteiger partial charge in [0.05, 0.1) is 17.4 Å². The van der Waals surface area contributed by atoms with Crippen LogP contribution in [0.2, 0.25) is 0 Å². The number of hydrogen-bond acceptors (Lipinski definition) is 6. The van der Waals surface area contributed by atoms with Crippen molar-refractivity contribution in [2.75, 3.05) is 32.7 Å². The van der Waals surface area contributed by atoms with Crippen LogP contribution in [0, 0.1) is 0 Å². The second-order valence-corrected chi connectivity index (χ2v) is 6.37. The summed E-state index contributed by atoms with van der Waals surface area (Å²) in [6.45, 7) is 9.95. The SMILES string of the molecule is CCCN1CCN(C(c2cnccn2)C(C)c2cnccn2)CC1. The van der Waals surface area contributed by atoms with E-state index in [0.717, 1.165) is 37.6 Å². The summed E-state index contributed by atoms with van der Waals surface area (Å²) in [5, 5.41) is 0. The number of rotatable bonds is 6. The van der Waals surface area contributed by atoms with Gasteiger partial charge in [0.1, 0.15) is 0 Å². The van der Waals surface area contributed by atoms with Crippen molar-refractivity contribution in [1.82, 2.24) is 29.7 Å². The minimum absolute atomic E-state index is 0.180. The molecule has 0 N–H and O–H groups in total. The van der Waals surface area contributed by atoms with Gasteiger partial charge < -0.3 is 4.90 Å². The lowest BCUT2D eigenvalue weighted by Crippen LogP contribution is -2.48. The zero-order chi connectivity index (χ0) is 16.8. The second kappa shape index (κ2) is 8.26. The van der Waals surface area contributed by atoms with E-state index in [4.69, 9.17) is 0 Å². The van der Waals surface area contributed by atoms with Gasteiger partial charge in [-0.2, -0.15) is 0 Å². The molecule has 0 aliphatic carbocycles. The first-order valence-electron chi connectivity index (χ1n) is 8.77. The highest BCUT2D eigenvalue weighted by atomic mass is 15.3. The van der Waals surface area contributed by atoms with E-state index in [-0.39, 0.29) is 12.0 Å². The van der Waals surface area contributed by atoms with Crippen molar-refractivity contribution in [2.45, 2.75) is 32.2 Å². The normalized spacial score (nSPS) is 19.1. The Bertz CT molecular complexity index is 597. The molecule has 128 valence electrons. The standard InChI is InChI=1S/C18H26N6/c1-3-8-23-9-11-24(12-10-23)18(17-14-20-5-7-22-17)15(2)16-13-19-4-6-21-16/h4-7,13-15,18H,3,8-12H2,1-2H3. The third-order valence-electron chi connectivity index (χ3n) is 4.75. The van der Waals surface area contributed by atoms with Gasteiger partial charge in [-0.15, -0.1) is 0 Å². The lowest BCUT2D eigenvalue weighted by atomic mass is 9.93. The summed E-state index contributed by atoms with van der Waals surface area (Å²) < 4.78 is 0. The molecule has 1 fully saturated rings. The predicted molar refractivity (Wildman–Crippen MR) is 93.5 cm³/mol. The van der Waals surface area contributed by atoms with E-state index in [1.54, 1.807) is 24.8 Å². The summed E-state index contributed by atoms with van der Waals surface area (Å²) in [6, 6.07) is 0.180. The molecule has 2 aromatic rings. The van der Waals surface area contributed by atoms with E-state index in [1.807, 2.05) is 12.4 Å². The van der Waals surface area contributed by atoms with Crippen molar-refractivity contribution in [3.63, 3.8) is 0 Å². The van der Waals surface area contributed by atoms with Crippen LogP contribution in [-0.2, 0) is 0 Å². The molecular formula is C18H26N6. The fraction of sp³-hybridized carbons (Fsp3) is 0.556. The van der Waals surface area contributed by atoms with Crippen molar-refractivity contribution < 1.29 is 0 Å². The fourth-order valence-corrected chi connectivity index (χ4v) is 3.51. The number of nitrogens with zero attached hydrogens (tertiary/aromatic N) is 6. The van der Waals surface area contributed by atoms with Gasteiger partial charge in [-0.3, -0.25) is 24.8 Å². The molecule has 1 saturated heterocycles. The van der Waals surface area contributed by atoms with Crippen molar-refractivity contribution in [1.29, 1.82) is 0 Å². The molecule has 0 bridgehead atoms. The second-order valence-electron chi connectivity index (χ2n) is 6.37. The summed E-state index contributed by atoms with van der Waals surface area (Å²) in [7, 11) is 0. The van der Waals surface area contributed by atoms with Gasteiger partial charge in [0.2, 0.25) is 0 Å². The minimum Gasteiger partial charge on any atom is -0.301 e. The summed E-state index contributed by atoms with van der Waals surface area (Å²) in [5.41, 5.74) is 2.02. The van der Waals surface area contributed by atoms with Crippen molar-refractivity contribution in [3.05, 3.63) is 48.6 Å². The van der Waals surface area contributed by atoms with E-state index in [0.29, 0.717) is 0 Å². The average molecular weight is 326 g/mol. The summed E-state index contributed by atoms with van der Waals surface area (Å²) in [4.78, 5) is 22.7. The average Bonchev–Trinajstić information content (AvgIpc) is 2.65. The van der Waals surface area contributed by atoms with Gasteiger partial charge in [-0.05, 0) is 13.0 Å². The highest BCUT2D eigenvalue weighted by molar-refractivity contribution is 5.15. The maximum Gasteiger partial charge on any atom is 0.0765 e. The Morgan fingerprint density at radius 2 is 1.54 bits per heavy atom. The van der Waals surface area contributed by atoms with E-state index in [9.17, 15) is 0 Å². The maximum atomic E-state index is 4.59. The van der Waals surface area contributed by atoms with Crippen LogP contribution < -0.4 is 0 Å². The molecule has 0 aromatic carbocycles. The molecule has 6 heteroatoms. The van der Waals surface area contributed by atoms with E-state index in [1.165, 1.54) is 13.0 Å². The highest BCUT2D eigenvalue weighted by Crippen LogP contribution is 2.33. The van der Waals surface area contributed by atoms with Gasteiger partial charge in [0.25, 0.3) is 0 Å². The van der Waals surface area contributed by atoms with Crippen molar-refractivity contribution >= 4 is 0 Å².